The van der Waals surface area contributed by atoms with Gasteiger partial charge in [0.1, 0.15) is 0 Å². The molecule has 0 N–H and O–H groups in total. The molecular formula is C52H32N6. The van der Waals surface area contributed by atoms with Gasteiger partial charge in [0.2, 0.25) is 0 Å². The maximum atomic E-state index is 5.34. The Labute approximate surface area is 333 Å². The van der Waals surface area contributed by atoms with Gasteiger partial charge in [-0.15, -0.1) is 0 Å². The van der Waals surface area contributed by atoms with Crippen molar-refractivity contribution in [2.75, 3.05) is 0 Å². The minimum atomic E-state index is 0.813. The SMILES string of the molecule is c1ccc(-c2cc(-c3c4ccccc4c(-n4c5ccccc5c5cnccc54)c4ccccc34)cc(-c3cccc(-n4c5ccccc5c5cnccc54)c3)n2)nc1. The molecule has 6 heteroatoms. The average Bonchev–Trinajstić information content (AvgIpc) is 3.81. The Kier molecular flexibility index (Phi) is 7.13. The summed E-state index contributed by atoms with van der Waals surface area (Å²) in [7, 11) is 0. The third kappa shape index (κ3) is 4.85. The van der Waals surface area contributed by atoms with Crippen LogP contribution in [0.25, 0.3) is 110 Å². The summed E-state index contributed by atoms with van der Waals surface area (Å²) >= 11 is 0. The first-order valence-electron chi connectivity index (χ1n) is 19.4. The van der Waals surface area contributed by atoms with Crippen LogP contribution < -0.4 is 0 Å². The lowest BCUT2D eigenvalue weighted by molar-refractivity contribution is 1.17. The Bertz CT molecular complexity index is 3420. The van der Waals surface area contributed by atoms with E-state index in [-0.39, 0.29) is 0 Å². The maximum Gasteiger partial charge on any atom is 0.0899 e. The quantitative estimate of drug-likeness (QED) is 0.165. The van der Waals surface area contributed by atoms with E-state index in [2.05, 4.69) is 165 Å². The van der Waals surface area contributed by atoms with Crippen LogP contribution in [0, 0.1) is 0 Å². The molecule has 0 atom stereocenters. The van der Waals surface area contributed by atoms with Crippen LogP contribution in [-0.2, 0) is 0 Å². The van der Waals surface area contributed by atoms with Gasteiger partial charge in [-0.1, -0.05) is 103 Å². The number of nitrogens with zero attached hydrogens (tertiary/aromatic N) is 6. The summed E-state index contributed by atoms with van der Waals surface area (Å²) in [4.78, 5) is 19.1. The van der Waals surface area contributed by atoms with E-state index in [4.69, 9.17) is 9.97 Å². The minimum absolute atomic E-state index is 0.813. The Hall–Kier alpha value is -7.96. The summed E-state index contributed by atoms with van der Waals surface area (Å²) in [6.07, 6.45) is 9.53. The second-order valence-corrected chi connectivity index (χ2v) is 14.7. The summed E-state index contributed by atoms with van der Waals surface area (Å²) in [6.45, 7) is 0. The van der Waals surface area contributed by atoms with Gasteiger partial charge in [-0.05, 0) is 82.6 Å². The highest BCUT2D eigenvalue weighted by Gasteiger charge is 2.22. The van der Waals surface area contributed by atoms with E-state index >= 15 is 0 Å². The molecule has 0 aliphatic rings. The summed E-state index contributed by atoms with van der Waals surface area (Å²) in [5, 5.41) is 9.26. The Morgan fingerprint density at radius 1 is 0.345 bits per heavy atom. The summed E-state index contributed by atoms with van der Waals surface area (Å²) < 4.78 is 4.75. The van der Waals surface area contributed by atoms with Crippen LogP contribution in [0.3, 0.4) is 0 Å². The number of para-hydroxylation sites is 2. The molecule has 0 amide bonds. The zero-order valence-corrected chi connectivity index (χ0v) is 31.2. The monoisotopic (exact) mass is 740 g/mol. The van der Waals surface area contributed by atoms with Gasteiger partial charge in [-0.25, -0.2) is 4.98 Å². The Morgan fingerprint density at radius 3 is 1.55 bits per heavy atom. The predicted octanol–water partition coefficient (Wildman–Crippen LogP) is 12.8. The molecule has 6 nitrogen and oxygen atoms in total. The van der Waals surface area contributed by atoms with Crippen molar-refractivity contribution in [1.82, 2.24) is 29.1 Å². The zero-order valence-electron chi connectivity index (χ0n) is 31.2. The normalized spacial score (nSPS) is 11.8. The second-order valence-electron chi connectivity index (χ2n) is 14.7. The van der Waals surface area contributed by atoms with Crippen molar-refractivity contribution in [3.8, 4) is 45.1 Å². The van der Waals surface area contributed by atoms with E-state index < -0.39 is 0 Å². The van der Waals surface area contributed by atoms with Crippen molar-refractivity contribution < 1.29 is 0 Å². The molecule has 6 aromatic heterocycles. The molecule has 12 rings (SSSR count). The Morgan fingerprint density at radius 2 is 0.897 bits per heavy atom. The van der Waals surface area contributed by atoms with Gasteiger partial charge in [-0.2, -0.15) is 0 Å². The van der Waals surface area contributed by atoms with Crippen LogP contribution in [0.4, 0.5) is 0 Å². The van der Waals surface area contributed by atoms with Crippen LogP contribution in [0.2, 0.25) is 0 Å². The molecule has 0 saturated heterocycles. The fourth-order valence-electron chi connectivity index (χ4n) is 9.08. The number of hydrogen-bond acceptors (Lipinski definition) is 4. The number of aromatic nitrogens is 6. The molecule has 0 bridgehead atoms. The number of hydrogen-bond donors (Lipinski definition) is 0. The second kappa shape index (κ2) is 12.8. The van der Waals surface area contributed by atoms with Crippen molar-refractivity contribution >= 4 is 65.2 Å². The third-order valence-corrected chi connectivity index (χ3v) is 11.5. The van der Waals surface area contributed by atoms with E-state index in [1.807, 2.05) is 49.2 Å². The minimum Gasteiger partial charge on any atom is -0.309 e. The molecule has 6 aromatic carbocycles. The Balaban J connectivity index is 1.14. The fraction of sp³-hybridized carbons (Fsp3) is 0. The lowest BCUT2D eigenvalue weighted by Gasteiger charge is -2.20. The van der Waals surface area contributed by atoms with E-state index in [0.717, 1.165) is 99.5 Å². The van der Waals surface area contributed by atoms with Gasteiger partial charge in [-0.3, -0.25) is 15.0 Å². The lowest BCUT2D eigenvalue weighted by Crippen LogP contribution is -2.00. The van der Waals surface area contributed by atoms with E-state index in [1.165, 1.54) is 10.8 Å². The molecule has 270 valence electrons. The van der Waals surface area contributed by atoms with Gasteiger partial charge in [0.05, 0.1) is 44.8 Å². The van der Waals surface area contributed by atoms with Crippen molar-refractivity contribution in [2.24, 2.45) is 0 Å². The molecule has 0 fully saturated rings. The smallest absolute Gasteiger partial charge is 0.0899 e. The standard InChI is InChI=1S/C52H32N6/c1-3-18-40-38(16-1)51(39-17-2-4-19-41(39)52(40)58-48-22-8-6-15-37(48)43-32-54-27-24-50(43)58)34-29-45(56-46(30-34)44-20-9-10-25-55-44)33-12-11-13-35(28-33)57-47-21-7-5-14-36(47)42-31-53-26-23-49(42)57/h1-32H. The summed E-state index contributed by atoms with van der Waals surface area (Å²) in [6, 6.07) is 58.2. The fourth-order valence-corrected chi connectivity index (χ4v) is 9.08. The molecule has 0 radical (unpaired) electrons. The molecule has 0 spiro atoms. The number of rotatable bonds is 5. The molecule has 0 unspecified atom stereocenters. The van der Waals surface area contributed by atoms with Crippen molar-refractivity contribution in [2.45, 2.75) is 0 Å². The van der Waals surface area contributed by atoms with Gasteiger partial charge in [0.25, 0.3) is 0 Å². The first kappa shape index (κ1) is 32.3. The van der Waals surface area contributed by atoms with Gasteiger partial charge in [0.15, 0.2) is 0 Å². The maximum absolute atomic E-state index is 5.34. The molecular weight excluding hydrogens is 709 g/mol. The molecule has 12 aromatic rings. The molecule has 58 heavy (non-hydrogen) atoms. The highest BCUT2D eigenvalue weighted by atomic mass is 15.0. The molecule has 6 heterocycles. The van der Waals surface area contributed by atoms with Gasteiger partial charge < -0.3 is 9.13 Å². The highest BCUT2D eigenvalue weighted by molar-refractivity contribution is 6.21. The largest absolute Gasteiger partial charge is 0.309 e. The zero-order chi connectivity index (χ0) is 38.2. The van der Waals surface area contributed by atoms with Crippen LogP contribution in [0.5, 0.6) is 0 Å². The summed E-state index contributed by atoms with van der Waals surface area (Å²) in [5.41, 5.74) is 12.5. The number of benzene rings is 6. The lowest BCUT2D eigenvalue weighted by atomic mass is 9.89. The van der Waals surface area contributed by atoms with E-state index in [0.29, 0.717) is 0 Å². The highest BCUT2D eigenvalue weighted by Crippen LogP contribution is 2.45. The first-order chi connectivity index (χ1) is 28.8. The van der Waals surface area contributed by atoms with Crippen molar-refractivity contribution in [3.63, 3.8) is 0 Å². The molecule has 0 aliphatic carbocycles. The molecule has 0 aliphatic heterocycles. The van der Waals surface area contributed by atoms with E-state index in [1.54, 1.807) is 0 Å². The average molecular weight is 741 g/mol. The van der Waals surface area contributed by atoms with Crippen LogP contribution in [0.1, 0.15) is 0 Å². The van der Waals surface area contributed by atoms with Crippen molar-refractivity contribution in [1.29, 1.82) is 0 Å². The van der Waals surface area contributed by atoms with E-state index in [9.17, 15) is 0 Å². The van der Waals surface area contributed by atoms with Gasteiger partial charge in [0, 0.05) is 74.6 Å². The van der Waals surface area contributed by atoms with Crippen LogP contribution in [0.15, 0.2) is 195 Å². The summed E-state index contributed by atoms with van der Waals surface area (Å²) in [5.74, 6) is 0. The predicted molar refractivity (Wildman–Crippen MR) is 238 cm³/mol. The number of pyridine rings is 4. The van der Waals surface area contributed by atoms with Crippen LogP contribution >= 0.6 is 0 Å². The molecule has 0 saturated carbocycles. The third-order valence-electron chi connectivity index (χ3n) is 11.5. The van der Waals surface area contributed by atoms with Crippen LogP contribution in [-0.4, -0.2) is 29.1 Å². The number of fused-ring (bicyclic) bond motifs is 8. The van der Waals surface area contributed by atoms with Gasteiger partial charge >= 0.3 is 0 Å². The first-order valence-corrected chi connectivity index (χ1v) is 19.4. The van der Waals surface area contributed by atoms with Crippen molar-refractivity contribution in [3.05, 3.63) is 195 Å². The topological polar surface area (TPSA) is 61.4 Å².